The highest BCUT2D eigenvalue weighted by atomic mass is 16.6. The summed E-state index contributed by atoms with van der Waals surface area (Å²) < 4.78 is 5.04. The van der Waals surface area contributed by atoms with E-state index in [9.17, 15) is 9.59 Å². The van der Waals surface area contributed by atoms with Gasteiger partial charge in [-0.05, 0) is 45.6 Å². The molecule has 0 atom stereocenters. The standard InChI is InChI=1S/C19H29N5O3/c1-3-27-19(26)24-10-8-15(9-11-24)22-18-20-13(2)12-16(23-18)17(25)21-14-6-4-5-7-14/h12,14-15H,3-11H2,1-2H3,(H,21,25)(H,20,22,23). The zero-order valence-corrected chi connectivity index (χ0v) is 16.2. The molecule has 1 aliphatic heterocycles. The van der Waals surface area contributed by atoms with Crippen molar-refractivity contribution < 1.29 is 14.3 Å². The number of nitrogens with one attached hydrogen (secondary N) is 2. The minimum absolute atomic E-state index is 0.132. The molecule has 1 saturated carbocycles. The second-order valence-corrected chi connectivity index (χ2v) is 7.28. The largest absolute Gasteiger partial charge is 0.450 e. The Hall–Kier alpha value is -2.38. The van der Waals surface area contributed by atoms with Crippen LogP contribution in [0.2, 0.25) is 0 Å². The van der Waals surface area contributed by atoms with Gasteiger partial charge in [0, 0.05) is 30.9 Å². The van der Waals surface area contributed by atoms with E-state index in [1.165, 1.54) is 12.8 Å². The molecule has 0 spiro atoms. The highest BCUT2D eigenvalue weighted by Crippen LogP contribution is 2.19. The zero-order valence-electron chi connectivity index (χ0n) is 16.2. The average Bonchev–Trinajstić information content (AvgIpc) is 3.15. The minimum atomic E-state index is -0.256. The molecular weight excluding hydrogens is 346 g/mol. The van der Waals surface area contributed by atoms with Crippen LogP contribution in [0, 0.1) is 6.92 Å². The quantitative estimate of drug-likeness (QED) is 0.821. The van der Waals surface area contributed by atoms with Crippen molar-refractivity contribution in [3.8, 4) is 0 Å². The molecule has 8 heteroatoms. The summed E-state index contributed by atoms with van der Waals surface area (Å²) in [6.45, 7) is 5.33. The summed E-state index contributed by atoms with van der Waals surface area (Å²) in [6, 6.07) is 2.15. The number of carbonyl (C=O) groups is 2. The Morgan fingerprint density at radius 1 is 1.15 bits per heavy atom. The molecule has 1 aliphatic carbocycles. The number of piperidine rings is 1. The maximum absolute atomic E-state index is 12.5. The molecular formula is C19H29N5O3. The molecule has 1 saturated heterocycles. The Morgan fingerprint density at radius 2 is 1.85 bits per heavy atom. The number of hydrogen-bond donors (Lipinski definition) is 2. The number of amides is 2. The van der Waals surface area contributed by atoms with E-state index in [-0.39, 0.29) is 24.1 Å². The average molecular weight is 375 g/mol. The van der Waals surface area contributed by atoms with Crippen LogP contribution < -0.4 is 10.6 Å². The lowest BCUT2D eigenvalue weighted by Gasteiger charge is -2.31. The second kappa shape index (κ2) is 9.01. The lowest BCUT2D eigenvalue weighted by Crippen LogP contribution is -2.43. The van der Waals surface area contributed by atoms with Gasteiger partial charge >= 0.3 is 6.09 Å². The first-order valence-corrected chi connectivity index (χ1v) is 9.90. The third kappa shape index (κ3) is 5.30. The Kier molecular flexibility index (Phi) is 6.47. The Bertz CT molecular complexity index is 667. The number of aromatic nitrogens is 2. The van der Waals surface area contributed by atoms with Crippen molar-refractivity contribution in [1.82, 2.24) is 20.2 Å². The molecule has 1 aromatic heterocycles. The summed E-state index contributed by atoms with van der Waals surface area (Å²) in [6.07, 6.45) is 5.75. The fourth-order valence-corrected chi connectivity index (χ4v) is 3.68. The zero-order chi connectivity index (χ0) is 19.2. The van der Waals surface area contributed by atoms with E-state index in [2.05, 4.69) is 20.6 Å². The topological polar surface area (TPSA) is 96.5 Å². The van der Waals surface area contributed by atoms with Gasteiger partial charge in [-0.1, -0.05) is 12.8 Å². The fourth-order valence-electron chi connectivity index (χ4n) is 3.68. The smallest absolute Gasteiger partial charge is 0.409 e. The summed E-state index contributed by atoms with van der Waals surface area (Å²) in [7, 11) is 0. The Balaban J connectivity index is 1.56. The molecule has 1 aromatic rings. The molecule has 2 fully saturated rings. The van der Waals surface area contributed by atoms with Gasteiger partial charge in [-0.15, -0.1) is 0 Å². The summed E-state index contributed by atoms with van der Waals surface area (Å²) in [4.78, 5) is 34.8. The third-order valence-corrected chi connectivity index (χ3v) is 5.13. The monoisotopic (exact) mass is 375 g/mol. The molecule has 3 rings (SSSR count). The van der Waals surface area contributed by atoms with Crippen LogP contribution in [0.5, 0.6) is 0 Å². The number of nitrogens with zero attached hydrogens (tertiary/aromatic N) is 3. The normalized spacial score (nSPS) is 18.4. The van der Waals surface area contributed by atoms with Crippen LogP contribution in [-0.2, 0) is 4.74 Å². The third-order valence-electron chi connectivity index (χ3n) is 5.13. The van der Waals surface area contributed by atoms with Crippen LogP contribution in [-0.4, -0.2) is 58.6 Å². The number of carbonyl (C=O) groups excluding carboxylic acids is 2. The van der Waals surface area contributed by atoms with E-state index >= 15 is 0 Å². The van der Waals surface area contributed by atoms with Crippen LogP contribution in [0.1, 0.15) is 61.6 Å². The SMILES string of the molecule is CCOC(=O)N1CCC(Nc2nc(C)cc(C(=O)NC3CCCC3)n2)CC1. The van der Waals surface area contributed by atoms with Gasteiger partial charge < -0.3 is 20.3 Å². The Labute approximate surface area is 160 Å². The number of anilines is 1. The van der Waals surface area contributed by atoms with E-state index in [0.717, 1.165) is 31.4 Å². The van der Waals surface area contributed by atoms with Crippen molar-refractivity contribution >= 4 is 17.9 Å². The van der Waals surface area contributed by atoms with Gasteiger partial charge in [0.15, 0.2) is 0 Å². The molecule has 2 amide bonds. The molecule has 2 heterocycles. The molecule has 2 N–H and O–H groups in total. The molecule has 148 valence electrons. The van der Waals surface area contributed by atoms with Crippen molar-refractivity contribution in [2.24, 2.45) is 0 Å². The minimum Gasteiger partial charge on any atom is -0.450 e. The van der Waals surface area contributed by atoms with Crippen LogP contribution >= 0.6 is 0 Å². The number of aryl methyl sites for hydroxylation is 1. The summed E-state index contributed by atoms with van der Waals surface area (Å²) in [5.41, 5.74) is 1.16. The molecule has 0 unspecified atom stereocenters. The van der Waals surface area contributed by atoms with Crippen molar-refractivity contribution in [3.63, 3.8) is 0 Å². The van der Waals surface area contributed by atoms with Gasteiger partial charge in [-0.3, -0.25) is 4.79 Å². The van der Waals surface area contributed by atoms with Crippen molar-refractivity contribution in [1.29, 1.82) is 0 Å². The second-order valence-electron chi connectivity index (χ2n) is 7.28. The van der Waals surface area contributed by atoms with Crippen molar-refractivity contribution in [2.75, 3.05) is 25.0 Å². The summed E-state index contributed by atoms with van der Waals surface area (Å²) in [5.74, 6) is 0.341. The summed E-state index contributed by atoms with van der Waals surface area (Å²) in [5, 5.41) is 6.39. The first-order valence-electron chi connectivity index (χ1n) is 9.90. The molecule has 27 heavy (non-hydrogen) atoms. The molecule has 0 bridgehead atoms. The van der Waals surface area contributed by atoms with Gasteiger partial charge in [-0.25, -0.2) is 14.8 Å². The predicted molar refractivity (Wildman–Crippen MR) is 102 cm³/mol. The maximum Gasteiger partial charge on any atom is 0.409 e. The molecule has 2 aliphatic rings. The van der Waals surface area contributed by atoms with Crippen LogP contribution in [0.3, 0.4) is 0 Å². The van der Waals surface area contributed by atoms with Gasteiger partial charge in [0.1, 0.15) is 5.69 Å². The fraction of sp³-hybridized carbons (Fsp3) is 0.684. The highest BCUT2D eigenvalue weighted by molar-refractivity contribution is 5.92. The lowest BCUT2D eigenvalue weighted by atomic mass is 10.1. The Morgan fingerprint density at radius 3 is 2.52 bits per heavy atom. The van der Waals surface area contributed by atoms with E-state index in [4.69, 9.17) is 4.74 Å². The number of hydrogen-bond acceptors (Lipinski definition) is 6. The van der Waals surface area contributed by atoms with E-state index in [1.807, 2.05) is 13.8 Å². The number of likely N-dealkylation sites (tertiary alicyclic amines) is 1. The van der Waals surface area contributed by atoms with Gasteiger partial charge in [-0.2, -0.15) is 0 Å². The van der Waals surface area contributed by atoms with E-state index in [1.54, 1.807) is 11.0 Å². The van der Waals surface area contributed by atoms with Crippen molar-refractivity contribution in [2.45, 2.75) is 64.5 Å². The highest BCUT2D eigenvalue weighted by Gasteiger charge is 2.24. The molecule has 8 nitrogen and oxygen atoms in total. The predicted octanol–water partition coefficient (Wildman–Crippen LogP) is 2.49. The van der Waals surface area contributed by atoms with E-state index in [0.29, 0.717) is 31.3 Å². The molecule has 0 radical (unpaired) electrons. The van der Waals surface area contributed by atoms with Crippen molar-refractivity contribution in [3.05, 3.63) is 17.5 Å². The number of ether oxygens (including phenoxy) is 1. The molecule has 0 aromatic carbocycles. The van der Waals surface area contributed by atoms with Gasteiger partial charge in [0.05, 0.1) is 6.61 Å². The van der Waals surface area contributed by atoms with E-state index < -0.39 is 0 Å². The first kappa shape index (κ1) is 19.4. The summed E-state index contributed by atoms with van der Waals surface area (Å²) >= 11 is 0. The lowest BCUT2D eigenvalue weighted by molar-refractivity contribution is 0.0930. The first-order chi connectivity index (χ1) is 13.0. The maximum atomic E-state index is 12.5. The number of rotatable bonds is 5. The van der Waals surface area contributed by atoms with Crippen LogP contribution in [0.15, 0.2) is 6.07 Å². The van der Waals surface area contributed by atoms with Crippen LogP contribution in [0.25, 0.3) is 0 Å². The van der Waals surface area contributed by atoms with Gasteiger partial charge in [0.25, 0.3) is 5.91 Å². The van der Waals surface area contributed by atoms with Crippen LogP contribution in [0.4, 0.5) is 10.7 Å². The van der Waals surface area contributed by atoms with Gasteiger partial charge in [0.2, 0.25) is 5.95 Å².